The van der Waals surface area contributed by atoms with Gasteiger partial charge in [0.1, 0.15) is 23.8 Å². The molecule has 0 radical (unpaired) electrons. The molecule has 0 aliphatic carbocycles. The maximum atomic E-state index is 15.5. The van der Waals surface area contributed by atoms with Crippen molar-refractivity contribution >= 4 is 17.9 Å². The first-order valence-electron chi connectivity index (χ1n) is 11.9. The molecule has 2 fully saturated rings. The normalized spacial score (nSPS) is 22.9. The van der Waals surface area contributed by atoms with Crippen LogP contribution in [-0.4, -0.2) is 53.8 Å². The molecule has 192 valence electrons. The average molecular weight is 513 g/mol. The smallest absolute Gasteiger partial charge is 0.283 e. The lowest BCUT2D eigenvalue weighted by Crippen LogP contribution is -2.51. The fourth-order valence-electron chi connectivity index (χ4n) is 4.32. The van der Waals surface area contributed by atoms with E-state index in [0.29, 0.717) is 29.9 Å². The third kappa shape index (κ3) is 5.84. The Hall–Kier alpha value is -2.10. The number of nitrogens with zero attached hydrogens (tertiary/aromatic N) is 1. The summed E-state index contributed by atoms with van der Waals surface area (Å²) in [6.45, 7) is 7.11. The van der Waals surface area contributed by atoms with E-state index in [1.165, 1.54) is 18.2 Å². The number of benzene rings is 2. The summed E-state index contributed by atoms with van der Waals surface area (Å²) in [6.07, 6.45) is -0.321. The molecule has 0 saturated carbocycles. The van der Waals surface area contributed by atoms with E-state index in [1.54, 1.807) is 25.1 Å². The molecule has 2 aromatic carbocycles. The minimum Gasteiger partial charge on any atom is -0.368 e. The molecule has 3 unspecified atom stereocenters. The average Bonchev–Trinajstić information content (AvgIpc) is 3.05. The van der Waals surface area contributed by atoms with E-state index in [1.807, 2.05) is 20.8 Å². The van der Waals surface area contributed by atoms with Crippen molar-refractivity contribution in [3.8, 4) is 11.1 Å². The number of hydrogen-bond donors (Lipinski definition) is 1. The molecule has 2 aliphatic heterocycles. The maximum absolute atomic E-state index is 15.5. The van der Waals surface area contributed by atoms with Crippen LogP contribution in [0.25, 0.3) is 11.1 Å². The van der Waals surface area contributed by atoms with Crippen LogP contribution >= 0.6 is 11.9 Å². The van der Waals surface area contributed by atoms with Gasteiger partial charge >= 0.3 is 0 Å². The Morgan fingerprint density at radius 1 is 1.23 bits per heavy atom. The predicted octanol–water partition coefficient (Wildman–Crippen LogP) is 5.77. The summed E-state index contributed by atoms with van der Waals surface area (Å²) in [4.78, 5) is 14.0. The number of rotatable bonds is 7. The number of carbonyl (C=O) groups is 1. The monoisotopic (exact) mass is 512 g/mol. The Labute approximate surface area is 208 Å². The molecule has 0 bridgehead atoms. The highest BCUT2D eigenvalue weighted by molar-refractivity contribution is 7.97. The van der Waals surface area contributed by atoms with Crippen molar-refractivity contribution in [2.75, 3.05) is 18.9 Å². The third-order valence-corrected chi connectivity index (χ3v) is 6.92. The number of hydrogen-bond acceptors (Lipinski definition) is 4. The highest BCUT2D eigenvalue weighted by atomic mass is 32.2. The summed E-state index contributed by atoms with van der Waals surface area (Å²) in [6, 6.07) is 6.78. The van der Waals surface area contributed by atoms with Gasteiger partial charge in [-0.1, -0.05) is 57.0 Å². The molecule has 4 rings (SSSR count). The fourth-order valence-corrected chi connectivity index (χ4v) is 5.00. The second-order valence-corrected chi connectivity index (χ2v) is 9.52. The number of amides is 1. The number of ether oxygens (including phenoxy) is 1. The van der Waals surface area contributed by atoms with E-state index in [4.69, 9.17) is 4.74 Å². The first kappa shape index (κ1) is 27.5. The quantitative estimate of drug-likeness (QED) is 0.378. The van der Waals surface area contributed by atoms with Crippen molar-refractivity contribution < 1.29 is 27.1 Å². The third-order valence-electron chi connectivity index (χ3n) is 6.21. The van der Waals surface area contributed by atoms with Gasteiger partial charge in [-0.15, -0.1) is 0 Å². The molecule has 0 aromatic heterocycles. The van der Waals surface area contributed by atoms with E-state index < -0.39 is 48.2 Å². The van der Waals surface area contributed by atoms with Gasteiger partial charge in [-0.2, -0.15) is 0 Å². The second-order valence-electron chi connectivity index (χ2n) is 8.42. The summed E-state index contributed by atoms with van der Waals surface area (Å²) in [5, 5.41) is 0. The molecule has 0 spiro atoms. The summed E-state index contributed by atoms with van der Waals surface area (Å²) >= 11 is 1.14. The standard InChI is InChI=1S/C24H26F4N2O2S.C2H6/c1-3-33-29-22-19(30(13-24(22,27)28)23(31)20-9-10-32-20)12-16-5-4-6-17(21(16)26)15-7-8-18(25)14(2)11-15;1-2/h4-8,11,19-20,22,29H,3,9-10,12-13H2,1-2H3;1-2H3. The number of aryl methyl sites for hydroxylation is 1. The topological polar surface area (TPSA) is 41.6 Å². The molecule has 3 atom stereocenters. The minimum absolute atomic E-state index is 0.0875. The largest absolute Gasteiger partial charge is 0.368 e. The van der Waals surface area contributed by atoms with Gasteiger partial charge in [0.2, 0.25) is 0 Å². The molecule has 1 N–H and O–H groups in total. The van der Waals surface area contributed by atoms with Crippen molar-refractivity contribution in [3.05, 3.63) is 59.2 Å². The van der Waals surface area contributed by atoms with Crippen molar-refractivity contribution in [2.45, 2.75) is 64.6 Å². The summed E-state index contributed by atoms with van der Waals surface area (Å²) < 4.78 is 67.2. The number of nitrogens with one attached hydrogen (secondary N) is 1. The first-order valence-corrected chi connectivity index (χ1v) is 12.9. The number of alkyl halides is 2. The van der Waals surface area contributed by atoms with Crippen LogP contribution < -0.4 is 4.72 Å². The van der Waals surface area contributed by atoms with Gasteiger partial charge in [-0.05, 0) is 42.2 Å². The zero-order chi connectivity index (χ0) is 25.8. The van der Waals surface area contributed by atoms with Gasteiger partial charge in [0.05, 0.1) is 19.2 Å². The van der Waals surface area contributed by atoms with Gasteiger partial charge < -0.3 is 9.64 Å². The SMILES string of the molecule is CC.CCSNC1C(Cc2cccc(-c3ccc(F)c(C)c3)c2F)N(C(=O)C2CCO2)CC1(F)F. The molecule has 4 nitrogen and oxygen atoms in total. The van der Waals surface area contributed by atoms with Crippen LogP contribution in [0.4, 0.5) is 17.6 Å². The van der Waals surface area contributed by atoms with Crippen molar-refractivity contribution in [1.29, 1.82) is 0 Å². The van der Waals surface area contributed by atoms with E-state index in [0.717, 1.165) is 16.8 Å². The Balaban J connectivity index is 0.00000167. The van der Waals surface area contributed by atoms with Gasteiger partial charge in [-0.25, -0.2) is 17.6 Å². The van der Waals surface area contributed by atoms with Crippen molar-refractivity contribution in [3.63, 3.8) is 0 Å². The molecule has 9 heteroatoms. The minimum atomic E-state index is -3.17. The molecular weight excluding hydrogens is 480 g/mol. The van der Waals surface area contributed by atoms with E-state index in [2.05, 4.69) is 4.72 Å². The van der Waals surface area contributed by atoms with Crippen molar-refractivity contribution in [1.82, 2.24) is 9.62 Å². The number of halogens is 4. The van der Waals surface area contributed by atoms with Gasteiger partial charge in [-0.3, -0.25) is 9.52 Å². The Kier molecular flexibility index (Phi) is 9.23. The molecule has 1 amide bonds. The summed E-state index contributed by atoms with van der Waals surface area (Å²) in [5.41, 5.74) is 1.36. The van der Waals surface area contributed by atoms with Crippen LogP contribution in [0.3, 0.4) is 0 Å². The van der Waals surface area contributed by atoms with E-state index in [-0.39, 0.29) is 17.5 Å². The second kappa shape index (κ2) is 11.8. The summed E-state index contributed by atoms with van der Waals surface area (Å²) in [7, 11) is 0. The predicted molar refractivity (Wildman–Crippen MR) is 131 cm³/mol. The molecule has 2 heterocycles. The molecule has 35 heavy (non-hydrogen) atoms. The van der Waals surface area contributed by atoms with Crippen LogP contribution in [-0.2, 0) is 16.0 Å². The number of likely N-dealkylation sites (tertiary alicyclic amines) is 1. The zero-order valence-corrected chi connectivity index (χ0v) is 21.2. The number of carbonyl (C=O) groups excluding carboxylic acids is 1. The van der Waals surface area contributed by atoms with Crippen LogP contribution in [0, 0.1) is 18.6 Å². The van der Waals surface area contributed by atoms with Crippen LogP contribution in [0.1, 0.15) is 38.3 Å². The zero-order valence-electron chi connectivity index (χ0n) is 20.4. The van der Waals surface area contributed by atoms with E-state index >= 15 is 4.39 Å². The lowest BCUT2D eigenvalue weighted by Gasteiger charge is -2.34. The lowest BCUT2D eigenvalue weighted by molar-refractivity contribution is -0.158. The highest BCUT2D eigenvalue weighted by Gasteiger charge is 2.57. The molecule has 2 saturated heterocycles. The van der Waals surface area contributed by atoms with Gasteiger partial charge in [0.15, 0.2) is 0 Å². The van der Waals surface area contributed by atoms with E-state index in [9.17, 15) is 18.0 Å². The van der Waals surface area contributed by atoms with Crippen LogP contribution in [0.5, 0.6) is 0 Å². The Morgan fingerprint density at radius 3 is 2.54 bits per heavy atom. The maximum Gasteiger partial charge on any atom is 0.283 e. The molecule has 2 aromatic rings. The fraction of sp³-hybridized carbons (Fsp3) is 0.500. The highest BCUT2D eigenvalue weighted by Crippen LogP contribution is 2.38. The molecule has 2 aliphatic rings. The van der Waals surface area contributed by atoms with Crippen LogP contribution in [0.2, 0.25) is 0 Å². The first-order chi connectivity index (χ1) is 16.7. The Morgan fingerprint density at radius 2 is 1.94 bits per heavy atom. The van der Waals surface area contributed by atoms with Gasteiger partial charge in [0, 0.05) is 17.7 Å². The van der Waals surface area contributed by atoms with Gasteiger partial charge in [0.25, 0.3) is 11.8 Å². The molecular formula is C26H32F4N2O2S. The Bertz CT molecular complexity index is 1030. The van der Waals surface area contributed by atoms with Crippen LogP contribution in [0.15, 0.2) is 36.4 Å². The van der Waals surface area contributed by atoms with Crippen molar-refractivity contribution in [2.24, 2.45) is 0 Å². The summed E-state index contributed by atoms with van der Waals surface area (Å²) in [5.74, 6) is -4.05. The lowest BCUT2D eigenvalue weighted by atomic mass is 9.94.